The van der Waals surface area contributed by atoms with Gasteiger partial charge in [-0.1, -0.05) is 271 Å². The summed E-state index contributed by atoms with van der Waals surface area (Å²) in [5, 5.41) is 0. The highest BCUT2D eigenvalue weighted by Gasteiger charge is 2.19. The zero-order valence-electron chi connectivity index (χ0n) is 46.7. The van der Waals surface area contributed by atoms with Gasteiger partial charge in [0.25, 0.3) is 0 Å². The van der Waals surface area contributed by atoms with Crippen molar-refractivity contribution in [3.8, 4) is 0 Å². The van der Waals surface area contributed by atoms with E-state index in [0.717, 1.165) is 103 Å². The molecule has 0 rings (SSSR count). The summed E-state index contributed by atoms with van der Waals surface area (Å²) in [5.41, 5.74) is 0. The van der Waals surface area contributed by atoms with Crippen LogP contribution in [0, 0.1) is 0 Å². The lowest BCUT2D eigenvalue weighted by molar-refractivity contribution is -0.166. The van der Waals surface area contributed by atoms with Crippen LogP contribution in [-0.2, 0) is 28.6 Å². The average molecular weight is 998 g/mol. The highest BCUT2D eigenvalue weighted by Crippen LogP contribution is 2.16. The van der Waals surface area contributed by atoms with Gasteiger partial charge < -0.3 is 14.2 Å². The molecule has 0 N–H and O–H groups in total. The maximum atomic E-state index is 12.9. The summed E-state index contributed by atoms with van der Waals surface area (Å²) in [4.78, 5) is 38.1. The first-order valence-electron chi connectivity index (χ1n) is 29.5. The number of carbonyl (C=O) groups is 3. The van der Waals surface area contributed by atoms with E-state index in [1.165, 1.54) is 109 Å². The van der Waals surface area contributed by atoms with E-state index in [1.54, 1.807) is 6.08 Å². The molecule has 0 amide bonds. The zero-order valence-corrected chi connectivity index (χ0v) is 46.7. The van der Waals surface area contributed by atoms with Gasteiger partial charge in [0, 0.05) is 12.8 Å². The van der Waals surface area contributed by atoms with Crippen LogP contribution in [-0.4, -0.2) is 37.2 Å². The molecule has 0 aliphatic carbocycles. The molecule has 0 saturated heterocycles. The molecule has 0 spiro atoms. The predicted octanol–water partition coefficient (Wildman–Crippen LogP) is 20.0. The number of rotatable bonds is 52. The first kappa shape index (κ1) is 67.8. The molecule has 1 atom stereocenters. The second-order valence-corrected chi connectivity index (χ2v) is 19.2. The van der Waals surface area contributed by atoms with Gasteiger partial charge in [-0.2, -0.15) is 0 Å². The molecule has 0 bridgehead atoms. The standard InChI is InChI=1S/C66H108O6/c1-4-7-10-13-16-19-22-25-28-30-32-34-35-38-41-44-47-50-53-56-59-65(68)71-62-63(61-70-64(67)58-55-52-49-46-43-40-37-27-24-21-18-15-12-9-6-3)72-66(69)60-57-54-51-48-45-42-39-36-33-31-29-26-23-20-17-14-11-8-5-2/h8-9,11-12,17-18,20-21,26-27,29,33,36-37,42-43,45-46,52,55,63H,4-7,10,13-16,19,22-25,28,30-32,34-35,38-41,44,47-51,53-54,56-62H2,1-3H3/b11-8-,12-9-,20-17-,21-18-,29-26-,36-33-,37-27-,45-42-,46-43-,55-52-. The van der Waals surface area contributed by atoms with Gasteiger partial charge >= 0.3 is 17.9 Å². The molecule has 1 unspecified atom stereocenters. The second kappa shape index (κ2) is 59.4. The molecule has 6 heteroatoms. The van der Waals surface area contributed by atoms with Gasteiger partial charge in [-0.3, -0.25) is 14.4 Å². The lowest BCUT2D eigenvalue weighted by Gasteiger charge is -2.18. The molecule has 0 aliphatic heterocycles. The minimum Gasteiger partial charge on any atom is -0.462 e. The summed E-state index contributed by atoms with van der Waals surface area (Å²) in [6, 6.07) is 0. The molecule has 72 heavy (non-hydrogen) atoms. The maximum Gasteiger partial charge on any atom is 0.309 e. The van der Waals surface area contributed by atoms with E-state index in [2.05, 4.69) is 130 Å². The maximum absolute atomic E-state index is 12.9. The van der Waals surface area contributed by atoms with E-state index < -0.39 is 12.1 Å². The van der Waals surface area contributed by atoms with Gasteiger partial charge in [-0.15, -0.1) is 0 Å². The smallest absolute Gasteiger partial charge is 0.309 e. The van der Waals surface area contributed by atoms with E-state index in [1.807, 2.05) is 6.08 Å². The SMILES string of the molecule is CC/C=C\C/C=C\C/C=C\C/C=C\C/C=C\CCCCCC(=O)OC(COC(=O)C/C=C\C/C=C\C/C=C\C/C=C\C/C=C\CC)COC(=O)CCCCCCCCCCCCCCCCCCCCCC. The first-order valence-corrected chi connectivity index (χ1v) is 29.5. The number of allylic oxidation sites excluding steroid dienone is 19. The zero-order chi connectivity index (χ0) is 52.2. The largest absolute Gasteiger partial charge is 0.462 e. The lowest BCUT2D eigenvalue weighted by Crippen LogP contribution is -2.30. The van der Waals surface area contributed by atoms with Gasteiger partial charge in [0.1, 0.15) is 13.2 Å². The van der Waals surface area contributed by atoms with Gasteiger partial charge in [-0.05, 0) is 89.9 Å². The van der Waals surface area contributed by atoms with E-state index in [0.29, 0.717) is 12.8 Å². The lowest BCUT2D eigenvalue weighted by atomic mass is 10.0. The van der Waals surface area contributed by atoms with E-state index in [4.69, 9.17) is 14.2 Å². The van der Waals surface area contributed by atoms with Gasteiger partial charge in [0.05, 0.1) is 6.42 Å². The summed E-state index contributed by atoms with van der Waals surface area (Å²) in [6.45, 7) is 6.31. The van der Waals surface area contributed by atoms with Crippen molar-refractivity contribution < 1.29 is 28.6 Å². The van der Waals surface area contributed by atoms with Gasteiger partial charge in [-0.25, -0.2) is 0 Å². The molecule has 0 aromatic rings. The van der Waals surface area contributed by atoms with Crippen LogP contribution in [0.1, 0.15) is 258 Å². The molecule has 0 heterocycles. The van der Waals surface area contributed by atoms with Crippen molar-refractivity contribution in [2.45, 2.75) is 264 Å². The molecule has 0 aromatic heterocycles. The Balaban J connectivity index is 4.51. The molecular weight excluding hydrogens is 889 g/mol. The molecular formula is C66H108O6. The number of ether oxygens (including phenoxy) is 3. The van der Waals surface area contributed by atoms with Crippen LogP contribution in [0.2, 0.25) is 0 Å². The number of hydrogen-bond donors (Lipinski definition) is 0. The fraction of sp³-hybridized carbons (Fsp3) is 0.652. The fourth-order valence-electron chi connectivity index (χ4n) is 7.90. The van der Waals surface area contributed by atoms with Crippen LogP contribution in [0.15, 0.2) is 122 Å². The van der Waals surface area contributed by atoms with Crippen molar-refractivity contribution in [1.29, 1.82) is 0 Å². The third-order valence-corrected chi connectivity index (χ3v) is 12.2. The quantitative estimate of drug-likeness (QED) is 0.0261. The van der Waals surface area contributed by atoms with Crippen LogP contribution in [0.25, 0.3) is 0 Å². The van der Waals surface area contributed by atoms with Crippen LogP contribution < -0.4 is 0 Å². The second-order valence-electron chi connectivity index (χ2n) is 19.2. The van der Waals surface area contributed by atoms with Crippen LogP contribution in [0.4, 0.5) is 0 Å². The molecule has 0 aliphatic rings. The fourth-order valence-corrected chi connectivity index (χ4v) is 7.90. The van der Waals surface area contributed by atoms with Crippen molar-refractivity contribution in [3.05, 3.63) is 122 Å². The Kier molecular flexibility index (Phi) is 55.9. The third kappa shape index (κ3) is 56.7. The number of hydrogen-bond acceptors (Lipinski definition) is 6. The van der Waals surface area contributed by atoms with Crippen LogP contribution in [0.5, 0.6) is 0 Å². The minimum absolute atomic E-state index is 0.116. The van der Waals surface area contributed by atoms with Gasteiger partial charge in [0.15, 0.2) is 6.10 Å². The Morgan fingerprint density at radius 3 is 0.972 bits per heavy atom. The molecule has 408 valence electrons. The van der Waals surface area contributed by atoms with E-state index in [-0.39, 0.29) is 38.0 Å². The third-order valence-electron chi connectivity index (χ3n) is 12.2. The normalized spacial score (nSPS) is 13.0. The predicted molar refractivity (Wildman–Crippen MR) is 311 cm³/mol. The van der Waals surface area contributed by atoms with Crippen molar-refractivity contribution in [3.63, 3.8) is 0 Å². The minimum atomic E-state index is -0.838. The Morgan fingerprint density at radius 2 is 0.597 bits per heavy atom. The Bertz CT molecular complexity index is 1520. The number of esters is 3. The van der Waals surface area contributed by atoms with E-state index in [9.17, 15) is 14.4 Å². The topological polar surface area (TPSA) is 78.9 Å². The Hall–Kier alpha value is -4.19. The number of unbranched alkanes of at least 4 members (excludes halogenated alkanes) is 22. The van der Waals surface area contributed by atoms with E-state index >= 15 is 0 Å². The Morgan fingerprint density at radius 1 is 0.306 bits per heavy atom. The average Bonchev–Trinajstić information content (AvgIpc) is 3.38. The van der Waals surface area contributed by atoms with Crippen LogP contribution in [0.3, 0.4) is 0 Å². The van der Waals surface area contributed by atoms with Crippen molar-refractivity contribution in [2.24, 2.45) is 0 Å². The van der Waals surface area contributed by atoms with Crippen molar-refractivity contribution in [1.82, 2.24) is 0 Å². The summed E-state index contributed by atoms with van der Waals surface area (Å²) in [5.74, 6) is -1.09. The summed E-state index contributed by atoms with van der Waals surface area (Å²) in [6.07, 6.45) is 82.2. The van der Waals surface area contributed by atoms with Crippen LogP contribution >= 0.6 is 0 Å². The summed E-state index contributed by atoms with van der Waals surface area (Å²) >= 11 is 0. The highest BCUT2D eigenvalue weighted by molar-refractivity contribution is 5.72. The summed E-state index contributed by atoms with van der Waals surface area (Å²) in [7, 11) is 0. The first-order chi connectivity index (χ1) is 35.5. The summed E-state index contributed by atoms with van der Waals surface area (Å²) < 4.78 is 16.7. The highest BCUT2D eigenvalue weighted by atomic mass is 16.6. The van der Waals surface area contributed by atoms with Crippen molar-refractivity contribution >= 4 is 17.9 Å². The molecule has 0 radical (unpaired) electrons. The molecule has 0 fully saturated rings. The monoisotopic (exact) mass is 997 g/mol. The van der Waals surface area contributed by atoms with Crippen molar-refractivity contribution in [2.75, 3.05) is 13.2 Å². The Labute approximate surface area is 443 Å². The molecule has 0 aromatic carbocycles. The molecule has 6 nitrogen and oxygen atoms in total. The number of carbonyl (C=O) groups excluding carboxylic acids is 3. The molecule has 0 saturated carbocycles. The van der Waals surface area contributed by atoms with Gasteiger partial charge in [0.2, 0.25) is 0 Å².